The molecule has 1 fully saturated rings. The molecule has 0 radical (unpaired) electrons. The number of rotatable bonds is 3. The van der Waals surface area contributed by atoms with Crippen molar-refractivity contribution < 1.29 is 4.79 Å². The Morgan fingerprint density at radius 3 is 2.58 bits per heavy atom. The van der Waals surface area contributed by atoms with E-state index in [9.17, 15) is 4.79 Å². The quantitative estimate of drug-likeness (QED) is 0.558. The molecule has 0 aromatic rings. The molecule has 0 spiro atoms. The highest BCUT2D eigenvalue weighted by atomic mass is 127. The van der Waals surface area contributed by atoms with Gasteiger partial charge in [0.05, 0.1) is 0 Å². The third-order valence-corrected chi connectivity index (χ3v) is 2.79. The van der Waals surface area contributed by atoms with Crippen molar-refractivity contribution >= 4 is 28.5 Å². The van der Waals surface area contributed by atoms with E-state index in [1.54, 1.807) is 0 Å². The minimum absolute atomic E-state index is 0.308. The van der Waals surface area contributed by atoms with Crippen molar-refractivity contribution in [3.05, 3.63) is 0 Å². The zero-order chi connectivity index (χ0) is 9.14. The van der Waals surface area contributed by atoms with Crippen LogP contribution in [0.15, 0.2) is 0 Å². The first-order chi connectivity index (χ1) is 5.65. The normalized spacial score (nSPS) is 18.2. The maximum absolute atomic E-state index is 11.3. The second kappa shape index (κ2) is 4.41. The molecule has 1 amide bonds. The molecule has 1 heterocycles. The van der Waals surface area contributed by atoms with Gasteiger partial charge in [0.1, 0.15) is 0 Å². The number of carbonyl (C=O) groups excluding carboxylic acids is 1. The lowest BCUT2D eigenvalue weighted by Crippen LogP contribution is -2.59. The molecule has 1 aliphatic rings. The first kappa shape index (κ1) is 10.2. The van der Waals surface area contributed by atoms with Crippen LogP contribution in [0.3, 0.4) is 0 Å². The van der Waals surface area contributed by atoms with Crippen LogP contribution in [0.1, 0.15) is 6.42 Å². The highest BCUT2D eigenvalue weighted by molar-refractivity contribution is 14.1. The molecule has 1 saturated heterocycles. The molecule has 70 valence electrons. The maximum atomic E-state index is 11.3. The Hall–Kier alpha value is 0.160. The Labute approximate surface area is 87.2 Å². The maximum Gasteiger partial charge on any atom is 0.223 e. The van der Waals surface area contributed by atoms with Crippen LogP contribution in [-0.2, 0) is 4.79 Å². The van der Waals surface area contributed by atoms with Crippen molar-refractivity contribution in [2.24, 2.45) is 0 Å². The lowest BCUT2D eigenvalue weighted by molar-refractivity contribution is -0.137. The monoisotopic (exact) mass is 282 g/mol. The molecule has 0 aromatic heterocycles. The van der Waals surface area contributed by atoms with Gasteiger partial charge in [0.15, 0.2) is 0 Å². The van der Waals surface area contributed by atoms with Gasteiger partial charge in [-0.1, -0.05) is 22.6 Å². The molecular weight excluding hydrogens is 267 g/mol. The summed E-state index contributed by atoms with van der Waals surface area (Å²) < 4.78 is 0.930. The standard InChI is InChI=1S/C8H15IN2O/c1-10(2)7-5-11(6-7)8(12)3-4-9/h7H,3-6H2,1-2H3. The van der Waals surface area contributed by atoms with Crippen LogP contribution in [0.5, 0.6) is 0 Å². The Morgan fingerprint density at radius 1 is 1.58 bits per heavy atom. The highest BCUT2D eigenvalue weighted by Crippen LogP contribution is 2.13. The molecule has 0 N–H and O–H groups in total. The van der Waals surface area contributed by atoms with E-state index < -0.39 is 0 Å². The van der Waals surface area contributed by atoms with E-state index in [0.717, 1.165) is 17.5 Å². The largest absolute Gasteiger partial charge is 0.339 e. The molecule has 0 bridgehead atoms. The molecular formula is C8H15IN2O. The van der Waals surface area contributed by atoms with E-state index in [1.165, 1.54) is 0 Å². The summed E-state index contributed by atoms with van der Waals surface area (Å²) in [6.45, 7) is 1.84. The summed E-state index contributed by atoms with van der Waals surface area (Å²) in [7, 11) is 4.12. The van der Waals surface area contributed by atoms with Gasteiger partial charge in [-0.15, -0.1) is 0 Å². The van der Waals surface area contributed by atoms with Gasteiger partial charge in [-0.25, -0.2) is 0 Å². The number of nitrogens with zero attached hydrogens (tertiary/aromatic N) is 2. The summed E-state index contributed by atoms with van der Waals surface area (Å²) in [5.41, 5.74) is 0. The minimum atomic E-state index is 0.308. The van der Waals surface area contributed by atoms with E-state index in [4.69, 9.17) is 0 Å². The van der Waals surface area contributed by atoms with Gasteiger partial charge in [-0.3, -0.25) is 4.79 Å². The van der Waals surface area contributed by atoms with Gasteiger partial charge < -0.3 is 9.80 Å². The lowest BCUT2D eigenvalue weighted by atomic mass is 10.1. The summed E-state index contributed by atoms with van der Waals surface area (Å²) in [4.78, 5) is 15.4. The summed E-state index contributed by atoms with van der Waals surface area (Å²) in [6.07, 6.45) is 0.695. The van der Waals surface area contributed by atoms with Crippen molar-refractivity contribution in [3.63, 3.8) is 0 Å². The fraction of sp³-hybridized carbons (Fsp3) is 0.875. The third kappa shape index (κ3) is 2.32. The second-order valence-electron chi connectivity index (χ2n) is 3.36. The smallest absolute Gasteiger partial charge is 0.223 e. The van der Waals surface area contributed by atoms with Crippen LogP contribution in [0.2, 0.25) is 0 Å². The van der Waals surface area contributed by atoms with Crippen molar-refractivity contribution in [2.45, 2.75) is 12.5 Å². The van der Waals surface area contributed by atoms with Gasteiger partial charge in [-0.05, 0) is 14.1 Å². The van der Waals surface area contributed by atoms with Crippen LogP contribution >= 0.6 is 22.6 Å². The Kier molecular flexibility index (Phi) is 3.77. The van der Waals surface area contributed by atoms with Gasteiger partial charge in [0, 0.05) is 30.0 Å². The molecule has 1 aliphatic heterocycles. The number of carbonyl (C=O) groups is 1. The van der Waals surface area contributed by atoms with Crippen LogP contribution in [-0.4, -0.2) is 53.4 Å². The summed E-state index contributed by atoms with van der Waals surface area (Å²) in [5.74, 6) is 0.308. The number of hydrogen-bond donors (Lipinski definition) is 0. The fourth-order valence-corrected chi connectivity index (χ4v) is 1.69. The topological polar surface area (TPSA) is 23.6 Å². The molecule has 3 nitrogen and oxygen atoms in total. The molecule has 0 atom stereocenters. The fourth-order valence-electron chi connectivity index (χ4n) is 1.22. The molecule has 1 rings (SSSR count). The van der Waals surface area contributed by atoms with E-state index in [-0.39, 0.29) is 0 Å². The van der Waals surface area contributed by atoms with Crippen LogP contribution in [0.4, 0.5) is 0 Å². The van der Waals surface area contributed by atoms with Gasteiger partial charge in [-0.2, -0.15) is 0 Å². The number of likely N-dealkylation sites (tertiary alicyclic amines) is 1. The van der Waals surface area contributed by atoms with E-state index in [0.29, 0.717) is 18.4 Å². The van der Waals surface area contributed by atoms with Gasteiger partial charge in [0.2, 0.25) is 5.91 Å². The van der Waals surface area contributed by atoms with Crippen LogP contribution < -0.4 is 0 Å². The highest BCUT2D eigenvalue weighted by Gasteiger charge is 2.30. The van der Waals surface area contributed by atoms with Crippen LogP contribution in [0, 0.1) is 0 Å². The number of amides is 1. The Bertz CT molecular complexity index is 166. The van der Waals surface area contributed by atoms with Crippen molar-refractivity contribution in [3.8, 4) is 0 Å². The summed E-state index contributed by atoms with van der Waals surface area (Å²) in [6, 6.07) is 0.586. The van der Waals surface area contributed by atoms with Crippen LogP contribution in [0.25, 0.3) is 0 Å². The average molecular weight is 282 g/mol. The predicted molar refractivity (Wildman–Crippen MR) is 57.6 cm³/mol. The Balaban J connectivity index is 2.20. The first-order valence-electron chi connectivity index (χ1n) is 4.15. The predicted octanol–water partition coefficient (Wildman–Crippen LogP) is 0.584. The summed E-state index contributed by atoms with van der Waals surface area (Å²) in [5, 5.41) is 0. The molecule has 0 saturated carbocycles. The third-order valence-electron chi connectivity index (χ3n) is 2.25. The minimum Gasteiger partial charge on any atom is -0.339 e. The molecule has 4 heteroatoms. The van der Waals surface area contributed by atoms with Crippen molar-refractivity contribution in [1.82, 2.24) is 9.80 Å². The first-order valence-corrected chi connectivity index (χ1v) is 5.68. The molecule has 12 heavy (non-hydrogen) atoms. The van der Waals surface area contributed by atoms with E-state index in [2.05, 4.69) is 41.6 Å². The number of likely N-dealkylation sites (N-methyl/N-ethyl adjacent to an activating group) is 1. The lowest BCUT2D eigenvalue weighted by Gasteiger charge is -2.42. The van der Waals surface area contributed by atoms with Gasteiger partial charge >= 0.3 is 0 Å². The zero-order valence-electron chi connectivity index (χ0n) is 7.59. The molecule has 0 aliphatic carbocycles. The van der Waals surface area contributed by atoms with Crippen molar-refractivity contribution in [1.29, 1.82) is 0 Å². The molecule has 0 aromatic carbocycles. The van der Waals surface area contributed by atoms with E-state index in [1.807, 2.05) is 4.90 Å². The number of alkyl halides is 1. The summed E-state index contributed by atoms with van der Waals surface area (Å²) >= 11 is 2.24. The van der Waals surface area contributed by atoms with Gasteiger partial charge in [0.25, 0.3) is 0 Å². The zero-order valence-corrected chi connectivity index (χ0v) is 9.74. The SMILES string of the molecule is CN(C)C1CN(C(=O)CCI)C1. The number of halogens is 1. The van der Waals surface area contributed by atoms with Crippen molar-refractivity contribution in [2.75, 3.05) is 31.6 Å². The second-order valence-corrected chi connectivity index (χ2v) is 4.43. The number of hydrogen-bond acceptors (Lipinski definition) is 2. The Morgan fingerprint density at radius 2 is 2.17 bits per heavy atom. The average Bonchev–Trinajstić information content (AvgIpc) is 1.82. The molecule has 0 unspecified atom stereocenters. The van der Waals surface area contributed by atoms with E-state index >= 15 is 0 Å².